The highest BCUT2D eigenvalue weighted by Gasteiger charge is 2.19. The lowest BCUT2D eigenvalue weighted by Gasteiger charge is -2.23. The molecule has 6 nitrogen and oxygen atoms in total. The predicted octanol–water partition coefficient (Wildman–Crippen LogP) is 0.866. The zero-order chi connectivity index (χ0) is 14.5. The first-order valence-electron chi connectivity index (χ1n) is 6.48. The van der Waals surface area contributed by atoms with Gasteiger partial charge in [0.05, 0.1) is 25.0 Å². The molecule has 1 N–H and O–H groups in total. The third-order valence-electron chi connectivity index (χ3n) is 3.24. The number of halogens is 1. The Morgan fingerprint density at radius 3 is 2.90 bits per heavy atom. The van der Waals surface area contributed by atoms with Crippen LogP contribution in [0, 0.1) is 0 Å². The van der Waals surface area contributed by atoms with Gasteiger partial charge in [0, 0.05) is 35.5 Å². The Kier molecular flexibility index (Phi) is 5.56. The quantitative estimate of drug-likeness (QED) is 0.871. The third kappa shape index (κ3) is 3.80. The number of ether oxygens (including phenoxy) is 1. The van der Waals surface area contributed by atoms with Gasteiger partial charge in [-0.3, -0.25) is 9.00 Å². The lowest BCUT2D eigenvalue weighted by Crippen LogP contribution is -2.31. The molecule has 2 rings (SSSR count). The fourth-order valence-electron chi connectivity index (χ4n) is 2.06. The maximum absolute atomic E-state index is 12.0. The Bertz CT molecular complexity index is 539. The Morgan fingerprint density at radius 1 is 1.55 bits per heavy atom. The molecule has 1 aliphatic rings. The first-order valence-corrected chi connectivity index (χ1v) is 8.34. The molecule has 0 aromatic carbocycles. The molecule has 1 fully saturated rings. The Hall–Kier alpha value is -0.920. The molecular weight excluding hydrogens is 302 g/mol. The van der Waals surface area contributed by atoms with Crippen LogP contribution in [0.4, 0.5) is 5.69 Å². The zero-order valence-corrected chi connectivity index (χ0v) is 12.9. The highest BCUT2D eigenvalue weighted by molar-refractivity contribution is 7.85. The summed E-state index contributed by atoms with van der Waals surface area (Å²) in [5, 5.41) is 7.44. The molecule has 112 valence electrons. The van der Waals surface area contributed by atoms with Gasteiger partial charge in [0.1, 0.15) is 5.02 Å². The Morgan fingerprint density at radius 2 is 2.25 bits per heavy atom. The van der Waals surface area contributed by atoms with E-state index in [2.05, 4.69) is 10.4 Å². The van der Waals surface area contributed by atoms with E-state index in [1.54, 1.807) is 13.3 Å². The molecule has 0 unspecified atom stereocenters. The van der Waals surface area contributed by atoms with Crippen molar-refractivity contribution < 1.29 is 8.95 Å². The van der Waals surface area contributed by atoms with E-state index in [4.69, 9.17) is 16.3 Å². The molecule has 0 aliphatic carbocycles. The summed E-state index contributed by atoms with van der Waals surface area (Å²) < 4.78 is 17.5. The summed E-state index contributed by atoms with van der Waals surface area (Å²) in [6.07, 6.45) is 3.19. The van der Waals surface area contributed by atoms with Crippen LogP contribution in [0.25, 0.3) is 0 Å². The SMILES string of the molecule is COCCn1ncc(NC2CCS(=O)CC2)c(Cl)c1=O. The Balaban J connectivity index is 2.07. The fraction of sp³-hybridized carbons (Fsp3) is 0.667. The van der Waals surface area contributed by atoms with Crippen molar-refractivity contribution in [2.24, 2.45) is 0 Å². The number of nitrogens with one attached hydrogen (secondary N) is 1. The van der Waals surface area contributed by atoms with Crippen molar-refractivity contribution in [3.05, 3.63) is 21.6 Å². The Labute approximate surface area is 124 Å². The average molecular weight is 320 g/mol. The predicted molar refractivity (Wildman–Crippen MR) is 79.9 cm³/mol. The molecule has 1 aliphatic heterocycles. The van der Waals surface area contributed by atoms with Crippen LogP contribution < -0.4 is 10.9 Å². The van der Waals surface area contributed by atoms with Gasteiger partial charge in [-0.2, -0.15) is 5.10 Å². The largest absolute Gasteiger partial charge is 0.383 e. The number of anilines is 1. The van der Waals surface area contributed by atoms with Crippen LogP contribution in [0.3, 0.4) is 0 Å². The number of hydrogen-bond donors (Lipinski definition) is 1. The van der Waals surface area contributed by atoms with E-state index in [0.717, 1.165) is 12.8 Å². The van der Waals surface area contributed by atoms with Crippen LogP contribution in [0.1, 0.15) is 12.8 Å². The van der Waals surface area contributed by atoms with Crippen LogP contribution in [-0.2, 0) is 22.1 Å². The van der Waals surface area contributed by atoms with Crippen molar-refractivity contribution in [3.63, 3.8) is 0 Å². The summed E-state index contributed by atoms with van der Waals surface area (Å²) >= 11 is 6.09. The normalized spacial score (nSPS) is 22.7. The van der Waals surface area contributed by atoms with Crippen LogP contribution in [-0.4, -0.2) is 45.3 Å². The summed E-state index contributed by atoms with van der Waals surface area (Å²) in [6, 6.07) is 0.196. The molecule has 0 amide bonds. The standard InChI is InChI=1S/C12H18ClN3O3S/c1-19-5-4-16-12(17)11(13)10(8-14-16)15-9-2-6-20(18)7-3-9/h8-9,15H,2-7H2,1H3. The van der Waals surface area contributed by atoms with Gasteiger partial charge in [-0.05, 0) is 12.8 Å². The van der Waals surface area contributed by atoms with Gasteiger partial charge in [-0.1, -0.05) is 11.6 Å². The molecule has 0 bridgehead atoms. The second-order valence-corrected chi connectivity index (χ2v) is 6.73. The third-order valence-corrected chi connectivity index (χ3v) is 4.99. The summed E-state index contributed by atoms with van der Waals surface area (Å²) in [5.41, 5.74) is 0.219. The van der Waals surface area contributed by atoms with E-state index < -0.39 is 10.8 Å². The second-order valence-electron chi connectivity index (χ2n) is 4.66. The number of rotatable bonds is 5. The molecule has 1 aromatic rings. The van der Waals surface area contributed by atoms with E-state index in [1.807, 2.05) is 0 Å². The van der Waals surface area contributed by atoms with E-state index in [-0.39, 0.29) is 16.6 Å². The highest BCUT2D eigenvalue weighted by Crippen LogP contribution is 2.20. The van der Waals surface area contributed by atoms with Crippen molar-refractivity contribution in [1.29, 1.82) is 0 Å². The molecule has 0 spiro atoms. The first kappa shape index (κ1) is 15.5. The zero-order valence-electron chi connectivity index (χ0n) is 11.3. The van der Waals surface area contributed by atoms with Gasteiger partial charge in [0.2, 0.25) is 0 Å². The van der Waals surface area contributed by atoms with Crippen LogP contribution in [0.15, 0.2) is 11.0 Å². The summed E-state index contributed by atoms with van der Waals surface area (Å²) in [4.78, 5) is 12.0. The average Bonchev–Trinajstić information content (AvgIpc) is 2.45. The topological polar surface area (TPSA) is 73.2 Å². The van der Waals surface area contributed by atoms with Crippen molar-refractivity contribution in [3.8, 4) is 0 Å². The van der Waals surface area contributed by atoms with Crippen LogP contribution in [0.2, 0.25) is 5.02 Å². The van der Waals surface area contributed by atoms with Crippen molar-refractivity contribution in [2.45, 2.75) is 25.4 Å². The van der Waals surface area contributed by atoms with Crippen LogP contribution in [0.5, 0.6) is 0 Å². The van der Waals surface area contributed by atoms with Crippen molar-refractivity contribution in [2.75, 3.05) is 30.5 Å². The molecular formula is C12H18ClN3O3S. The van der Waals surface area contributed by atoms with Gasteiger partial charge in [0.15, 0.2) is 0 Å². The summed E-state index contributed by atoms with van der Waals surface area (Å²) in [7, 11) is 0.861. The first-order chi connectivity index (χ1) is 9.61. The lowest BCUT2D eigenvalue weighted by molar-refractivity contribution is 0.182. The van der Waals surface area contributed by atoms with Gasteiger partial charge in [-0.15, -0.1) is 0 Å². The molecule has 1 aromatic heterocycles. The molecule has 8 heteroatoms. The van der Waals surface area contributed by atoms with Crippen molar-refractivity contribution in [1.82, 2.24) is 9.78 Å². The molecule has 1 saturated heterocycles. The maximum atomic E-state index is 12.0. The minimum absolute atomic E-state index is 0.141. The summed E-state index contributed by atoms with van der Waals surface area (Å²) in [6.45, 7) is 0.780. The minimum Gasteiger partial charge on any atom is -0.383 e. The van der Waals surface area contributed by atoms with Gasteiger partial charge in [0.25, 0.3) is 5.56 Å². The van der Waals surface area contributed by atoms with Gasteiger partial charge < -0.3 is 10.1 Å². The number of hydrogen-bond acceptors (Lipinski definition) is 5. The molecule has 0 saturated carbocycles. The van der Waals surface area contributed by atoms with Crippen molar-refractivity contribution >= 4 is 28.1 Å². The van der Waals surface area contributed by atoms with E-state index in [9.17, 15) is 9.00 Å². The minimum atomic E-state index is -0.704. The molecule has 2 heterocycles. The van der Waals surface area contributed by atoms with E-state index in [0.29, 0.717) is 30.3 Å². The summed E-state index contributed by atoms with van der Waals surface area (Å²) in [5.74, 6) is 1.38. The highest BCUT2D eigenvalue weighted by atomic mass is 35.5. The maximum Gasteiger partial charge on any atom is 0.287 e. The number of methoxy groups -OCH3 is 1. The molecule has 0 radical (unpaired) electrons. The second kappa shape index (κ2) is 7.19. The monoisotopic (exact) mass is 319 g/mol. The van der Waals surface area contributed by atoms with E-state index >= 15 is 0 Å². The van der Waals surface area contributed by atoms with Crippen LogP contribution >= 0.6 is 11.6 Å². The number of nitrogens with zero attached hydrogens (tertiary/aromatic N) is 2. The number of aromatic nitrogens is 2. The molecule has 20 heavy (non-hydrogen) atoms. The van der Waals surface area contributed by atoms with Gasteiger partial charge in [-0.25, -0.2) is 4.68 Å². The lowest BCUT2D eigenvalue weighted by atomic mass is 10.1. The smallest absolute Gasteiger partial charge is 0.287 e. The van der Waals surface area contributed by atoms with Gasteiger partial charge >= 0.3 is 0 Å². The molecule has 0 atom stereocenters. The fourth-order valence-corrected chi connectivity index (χ4v) is 3.56. The van der Waals surface area contributed by atoms with E-state index in [1.165, 1.54) is 4.68 Å².